The Balaban J connectivity index is 1.56. The topological polar surface area (TPSA) is 37.4 Å². The average molecular weight is 353 g/mol. The summed E-state index contributed by atoms with van der Waals surface area (Å²) in [5, 5.41) is 0. The molecular weight excluding hydrogens is 329 g/mol. The van der Waals surface area contributed by atoms with Gasteiger partial charge in [-0.25, -0.2) is 4.39 Å². The van der Waals surface area contributed by atoms with E-state index in [1.807, 2.05) is 42.2 Å². The number of nitrogens with zero attached hydrogens (tertiary/aromatic N) is 1. The second kappa shape index (κ2) is 8.26. The van der Waals surface area contributed by atoms with Crippen LogP contribution in [0, 0.1) is 12.7 Å². The van der Waals surface area contributed by atoms with Gasteiger partial charge in [-0.15, -0.1) is 0 Å². The Bertz CT molecular complexity index is 785. The van der Waals surface area contributed by atoms with E-state index < -0.39 is 0 Å². The summed E-state index contributed by atoms with van der Waals surface area (Å²) in [5.41, 5.74) is 2.67. The highest BCUT2D eigenvalue weighted by atomic mass is 19.1. The number of aryl methyl sites for hydroxylation is 1. The van der Waals surface area contributed by atoms with Crippen LogP contribution in [-0.2, 0) is 11.2 Å². The lowest BCUT2D eigenvalue weighted by Crippen LogP contribution is -2.37. The van der Waals surface area contributed by atoms with Crippen molar-refractivity contribution in [3.8, 4) is 0 Å². The van der Waals surface area contributed by atoms with Crippen molar-refractivity contribution in [2.24, 2.45) is 0 Å². The number of amides is 1. The third kappa shape index (κ3) is 4.57. The average Bonchev–Trinajstić information content (AvgIpc) is 3.08. The van der Waals surface area contributed by atoms with Crippen molar-refractivity contribution in [1.29, 1.82) is 0 Å². The number of benzene rings is 2. The molecule has 0 saturated carbocycles. The largest absolute Gasteiger partial charge is 0.339 e. The molecule has 3 rings (SSSR count). The maximum Gasteiger partial charge on any atom is 0.223 e. The van der Waals surface area contributed by atoms with E-state index in [1.165, 1.54) is 12.1 Å². The smallest absolute Gasteiger partial charge is 0.223 e. The van der Waals surface area contributed by atoms with Crippen LogP contribution in [0.2, 0.25) is 0 Å². The molecule has 1 amide bonds. The number of hydrogen-bond acceptors (Lipinski definition) is 2. The van der Waals surface area contributed by atoms with Crippen molar-refractivity contribution in [3.63, 3.8) is 0 Å². The number of carbonyl (C=O) groups is 2. The Kier molecular flexibility index (Phi) is 5.82. The third-order valence-corrected chi connectivity index (χ3v) is 5.00. The summed E-state index contributed by atoms with van der Waals surface area (Å²) >= 11 is 0. The van der Waals surface area contributed by atoms with E-state index in [-0.39, 0.29) is 36.4 Å². The molecule has 0 aromatic heterocycles. The first-order chi connectivity index (χ1) is 12.5. The summed E-state index contributed by atoms with van der Waals surface area (Å²) in [4.78, 5) is 26.7. The van der Waals surface area contributed by atoms with E-state index >= 15 is 0 Å². The molecule has 1 unspecified atom stereocenters. The number of rotatable bonds is 6. The van der Waals surface area contributed by atoms with Crippen molar-refractivity contribution >= 4 is 11.7 Å². The summed E-state index contributed by atoms with van der Waals surface area (Å²) in [7, 11) is 0. The predicted octanol–water partition coefficient (Wildman–Crippen LogP) is 4.33. The second-order valence-corrected chi connectivity index (χ2v) is 7.01. The lowest BCUT2D eigenvalue weighted by atomic mass is 10.0. The van der Waals surface area contributed by atoms with Crippen LogP contribution in [0.25, 0.3) is 0 Å². The molecule has 0 radical (unpaired) electrons. The van der Waals surface area contributed by atoms with Gasteiger partial charge in [-0.05, 0) is 43.9 Å². The molecule has 1 fully saturated rings. The molecule has 0 spiro atoms. The van der Waals surface area contributed by atoms with Gasteiger partial charge in [-0.2, -0.15) is 0 Å². The van der Waals surface area contributed by atoms with Crippen LogP contribution in [0.1, 0.15) is 47.2 Å². The fourth-order valence-corrected chi connectivity index (χ4v) is 3.56. The first-order valence-corrected chi connectivity index (χ1v) is 9.17. The third-order valence-electron chi connectivity index (χ3n) is 5.00. The number of Topliss-reactive ketones (excluding diaryl/α,β-unsaturated/α-hetero) is 1. The number of likely N-dealkylation sites (tertiary alicyclic amines) is 1. The van der Waals surface area contributed by atoms with Crippen LogP contribution in [0.15, 0.2) is 48.5 Å². The Labute approximate surface area is 153 Å². The Morgan fingerprint density at radius 1 is 1.12 bits per heavy atom. The zero-order valence-electron chi connectivity index (χ0n) is 15.1. The standard InChI is InChI=1S/C22H24FNO2/c1-16-7-9-18(10-8-16)21(25)11-12-22(26)24-13-3-6-20(24)15-17-4-2-5-19(23)14-17/h2,4-5,7-10,14,20H,3,6,11-13,15H2,1H3. The molecule has 1 atom stereocenters. The molecule has 136 valence electrons. The molecule has 1 heterocycles. The quantitative estimate of drug-likeness (QED) is 0.725. The summed E-state index contributed by atoms with van der Waals surface area (Å²) in [6.07, 6.45) is 3.00. The highest BCUT2D eigenvalue weighted by Gasteiger charge is 2.28. The molecular formula is C22H24FNO2. The van der Waals surface area contributed by atoms with Gasteiger partial charge < -0.3 is 4.90 Å². The lowest BCUT2D eigenvalue weighted by molar-refractivity contribution is -0.131. The minimum atomic E-state index is -0.248. The van der Waals surface area contributed by atoms with Gasteiger partial charge in [0.2, 0.25) is 5.91 Å². The van der Waals surface area contributed by atoms with Crippen molar-refractivity contribution in [3.05, 3.63) is 71.0 Å². The molecule has 1 saturated heterocycles. The molecule has 2 aromatic rings. The number of hydrogen-bond donors (Lipinski definition) is 0. The molecule has 0 N–H and O–H groups in total. The van der Waals surface area contributed by atoms with Crippen molar-refractivity contribution in [1.82, 2.24) is 4.90 Å². The van der Waals surface area contributed by atoms with Gasteiger partial charge in [0.1, 0.15) is 5.82 Å². The van der Waals surface area contributed by atoms with Crippen LogP contribution in [0.5, 0.6) is 0 Å². The number of ketones is 1. The molecule has 4 heteroatoms. The first kappa shape index (κ1) is 18.3. The maximum atomic E-state index is 13.4. The van der Waals surface area contributed by atoms with Gasteiger partial charge in [0.15, 0.2) is 5.78 Å². The second-order valence-electron chi connectivity index (χ2n) is 7.01. The molecule has 1 aliphatic heterocycles. The summed E-state index contributed by atoms with van der Waals surface area (Å²) in [6.45, 7) is 2.70. The van der Waals surface area contributed by atoms with E-state index in [4.69, 9.17) is 0 Å². The van der Waals surface area contributed by atoms with Crippen molar-refractivity contribution < 1.29 is 14.0 Å². The highest BCUT2D eigenvalue weighted by Crippen LogP contribution is 2.23. The van der Waals surface area contributed by atoms with Gasteiger partial charge in [-0.1, -0.05) is 42.0 Å². The van der Waals surface area contributed by atoms with Gasteiger partial charge in [0, 0.05) is 31.0 Å². The van der Waals surface area contributed by atoms with E-state index in [9.17, 15) is 14.0 Å². The zero-order chi connectivity index (χ0) is 18.5. The van der Waals surface area contributed by atoms with Crippen molar-refractivity contribution in [2.75, 3.05) is 6.54 Å². The maximum absolute atomic E-state index is 13.4. The Hall–Kier alpha value is -2.49. The van der Waals surface area contributed by atoms with Crippen LogP contribution in [0.4, 0.5) is 4.39 Å². The molecule has 0 aliphatic carbocycles. The van der Waals surface area contributed by atoms with Crippen LogP contribution in [0.3, 0.4) is 0 Å². The zero-order valence-corrected chi connectivity index (χ0v) is 15.1. The van der Waals surface area contributed by atoms with Gasteiger partial charge >= 0.3 is 0 Å². The van der Waals surface area contributed by atoms with Crippen LogP contribution < -0.4 is 0 Å². The molecule has 0 bridgehead atoms. The Morgan fingerprint density at radius 3 is 2.62 bits per heavy atom. The molecule has 1 aliphatic rings. The minimum Gasteiger partial charge on any atom is -0.339 e. The number of halogens is 1. The SMILES string of the molecule is Cc1ccc(C(=O)CCC(=O)N2CCCC2Cc2cccc(F)c2)cc1. The van der Waals surface area contributed by atoms with E-state index in [0.29, 0.717) is 12.0 Å². The van der Waals surface area contributed by atoms with Crippen molar-refractivity contribution in [2.45, 2.75) is 45.1 Å². The van der Waals surface area contributed by atoms with E-state index in [0.717, 1.165) is 30.5 Å². The van der Waals surface area contributed by atoms with E-state index in [1.54, 1.807) is 6.07 Å². The van der Waals surface area contributed by atoms with E-state index in [2.05, 4.69) is 0 Å². The fraction of sp³-hybridized carbons (Fsp3) is 0.364. The van der Waals surface area contributed by atoms with Gasteiger partial charge in [-0.3, -0.25) is 9.59 Å². The van der Waals surface area contributed by atoms with Crippen LogP contribution >= 0.6 is 0 Å². The Morgan fingerprint density at radius 2 is 1.88 bits per heavy atom. The first-order valence-electron chi connectivity index (χ1n) is 9.17. The normalized spacial score (nSPS) is 16.7. The molecule has 26 heavy (non-hydrogen) atoms. The minimum absolute atomic E-state index is 0.000715. The van der Waals surface area contributed by atoms with Gasteiger partial charge in [0.05, 0.1) is 0 Å². The number of carbonyl (C=O) groups excluding carboxylic acids is 2. The lowest BCUT2D eigenvalue weighted by Gasteiger charge is -2.25. The molecule has 3 nitrogen and oxygen atoms in total. The fourth-order valence-electron chi connectivity index (χ4n) is 3.56. The van der Waals surface area contributed by atoms with Gasteiger partial charge in [0.25, 0.3) is 0 Å². The summed E-state index contributed by atoms with van der Waals surface area (Å²) in [5.74, 6) is -0.231. The highest BCUT2D eigenvalue weighted by molar-refractivity contribution is 5.98. The predicted molar refractivity (Wildman–Crippen MR) is 99.6 cm³/mol. The molecule has 2 aromatic carbocycles. The van der Waals surface area contributed by atoms with Crippen LogP contribution in [-0.4, -0.2) is 29.2 Å². The summed E-state index contributed by atoms with van der Waals surface area (Å²) < 4.78 is 13.4. The monoisotopic (exact) mass is 353 g/mol. The summed E-state index contributed by atoms with van der Waals surface area (Å²) in [6, 6.07) is 14.1.